The molecule has 15 heteroatoms. The zero-order valence-corrected chi connectivity index (χ0v) is 41.3. The maximum Gasteiger partial charge on any atom is 0.196 e. The molecule has 3 saturated carbocycles. The fraction of sp³-hybridized carbons (Fsp3) is 0.667. The Bertz CT molecular complexity index is 1960. The van der Waals surface area contributed by atoms with E-state index in [1.807, 2.05) is 31.3 Å². The third-order valence-corrected chi connectivity index (χ3v) is 17.4. The number of allylic oxidation sites excluding steroid dienone is 2. The standard InChI is InChI=1S/C51H76N4O9S2/c1-5-35(18-24-57)11-13-38-14-16-45(59)51(31-36-12-15-42(58)43(26-36)62-4)21-8-10-39(51)32-65-66-34-54-48(53-3)55-41-28-40(50(38)19-6-7-20-50)29-44(47(41)61)64-49(33-52-2)22-17-37(30-49)27-46(60)63-25-9-23-56/h12,14-16,24,26,28-29,35,37-39,46,52,56,58,60-61H,5-11,13,17-23,25,27,30-34H2,1-4H3,(H2,53,54,55)/b16-14+/t35-,37-,38-,39+,46-,49-,51-/m1/s1. The van der Waals surface area contributed by atoms with Crippen molar-refractivity contribution in [3.8, 4) is 23.0 Å². The monoisotopic (exact) mass is 953 g/mol. The van der Waals surface area contributed by atoms with E-state index in [-0.39, 0.29) is 54.2 Å². The van der Waals surface area contributed by atoms with Crippen molar-refractivity contribution in [2.75, 3.05) is 57.9 Å². The lowest BCUT2D eigenvalue weighted by Gasteiger charge is -2.39. The number of guanidine groups is 1. The Morgan fingerprint density at radius 3 is 2.61 bits per heavy atom. The molecule has 2 aromatic rings. The molecule has 3 fully saturated rings. The zero-order valence-electron chi connectivity index (χ0n) is 39.7. The van der Waals surface area contributed by atoms with Gasteiger partial charge in [0.15, 0.2) is 41.0 Å². The number of nitrogens with zero attached hydrogens (tertiary/aromatic N) is 1. The van der Waals surface area contributed by atoms with Crippen LogP contribution in [0.15, 0.2) is 47.5 Å². The minimum absolute atomic E-state index is 0.00374. The molecule has 7 atom stereocenters. The van der Waals surface area contributed by atoms with Gasteiger partial charge < -0.3 is 55.4 Å². The number of ketones is 1. The largest absolute Gasteiger partial charge is 0.504 e. The first-order valence-electron chi connectivity index (χ1n) is 24.3. The second-order valence-corrected chi connectivity index (χ2v) is 21.7. The van der Waals surface area contributed by atoms with E-state index in [2.05, 4.69) is 40.0 Å². The fourth-order valence-corrected chi connectivity index (χ4v) is 13.8. The van der Waals surface area contributed by atoms with Crippen molar-refractivity contribution < 1.29 is 44.2 Å². The molecule has 13 nitrogen and oxygen atoms in total. The molecule has 4 aliphatic rings. The SMILES string of the molecule is CC[C@@H](CC=O)CC[C@@H]1/C=C/C(=O)[C@@]2(Cc3ccc(O)c(OC)c3)CCC[C@H]2CSSCNC(=NC)Nc2cc(cc(O[C@]3(CNC)CC[C@H](C[C@H](O)OCCCO)C3)c2O)C12CCCC2. The summed E-state index contributed by atoms with van der Waals surface area (Å²) in [5.74, 6) is 3.20. The van der Waals surface area contributed by atoms with Crippen LogP contribution in [0.1, 0.15) is 121 Å². The van der Waals surface area contributed by atoms with E-state index >= 15 is 4.79 Å². The third-order valence-electron chi connectivity index (χ3n) is 15.2. The van der Waals surface area contributed by atoms with Gasteiger partial charge in [0.25, 0.3) is 0 Å². The van der Waals surface area contributed by atoms with E-state index in [4.69, 9.17) is 14.2 Å². The molecule has 0 radical (unpaired) electrons. The molecule has 66 heavy (non-hydrogen) atoms. The summed E-state index contributed by atoms with van der Waals surface area (Å²) in [5.41, 5.74) is 0.736. The van der Waals surface area contributed by atoms with Gasteiger partial charge in [0.1, 0.15) is 11.9 Å². The summed E-state index contributed by atoms with van der Waals surface area (Å²) >= 11 is 0. The van der Waals surface area contributed by atoms with Crippen LogP contribution in [0.4, 0.5) is 5.69 Å². The highest BCUT2D eigenvalue weighted by Crippen LogP contribution is 2.55. The molecule has 1 spiro atoms. The first kappa shape index (κ1) is 51.9. The quantitative estimate of drug-likeness (QED) is 0.0233. The molecule has 0 saturated heterocycles. The van der Waals surface area contributed by atoms with E-state index in [1.165, 1.54) is 0 Å². The van der Waals surface area contributed by atoms with Gasteiger partial charge in [-0.05, 0) is 143 Å². The lowest BCUT2D eigenvalue weighted by atomic mass is 9.65. The zero-order chi connectivity index (χ0) is 47.2. The van der Waals surface area contributed by atoms with E-state index in [0.717, 1.165) is 93.8 Å². The fourth-order valence-electron chi connectivity index (χ4n) is 11.6. The summed E-state index contributed by atoms with van der Waals surface area (Å²) in [7, 11) is 8.58. The average molecular weight is 953 g/mol. The number of phenolic OH excluding ortho intramolecular Hbond substituents is 2. The second-order valence-electron chi connectivity index (χ2n) is 19.2. The molecule has 0 amide bonds. The Balaban J connectivity index is 1.45. The highest BCUT2D eigenvalue weighted by molar-refractivity contribution is 8.76. The number of nitrogens with one attached hydrogen (secondary N) is 3. The van der Waals surface area contributed by atoms with E-state index in [0.29, 0.717) is 74.1 Å². The van der Waals surface area contributed by atoms with Crippen molar-refractivity contribution in [3.63, 3.8) is 0 Å². The number of benzene rings is 2. The predicted octanol–water partition coefficient (Wildman–Crippen LogP) is 8.67. The van der Waals surface area contributed by atoms with Crippen LogP contribution >= 0.6 is 21.6 Å². The Hall–Kier alpha value is -3.47. The molecule has 366 valence electrons. The Labute approximate surface area is 400 Å². The van der Waals surface area contributed by atoms with Gasteiger partial charge >= 0.3 is 0 Å². The first-order valence-corrected chi connectivity index (χ1v) is 26.8. The minimum Gasteiger partial charge on any atom is -0.504 e. The van der Waals surface area contributed by atoms with Crippen LogP contribution in [0.25, 0.3) is 0 Å². The smallest absolute Gasteiger partial charge is 0.196 e. The highest BCUT2D eigenvalue weighted by atomic mass is 33.1. The van der Waals surface area contributed by atoms with E-state index < -0.39 is 22.7 Å². The highest BCUT2D eigenvalue weighted by Gasteiger charge is 2.49. The van der Waals surface area contributed by atoms with Crippen molar-refractivity contribution in [3.05, 3.63) is 53.6 Å². The number of rotatable bonds is 19. The van der Waals surface area contributed by atoms with Crippen LogP contribution in [-0.2, 0) is 26.2 Å². The summed E-state index contributed by atoms with van der Waals surface area (Å²) in [6.07, 6.45) is 17.2. The van der Waals surface area contributed by atoms with Gasteiger partial charge in [-0.15, -0.1) is 0 Å². The minimum atomic E-state index is -0.941. The summed E-state index contributed by atoms with van der Waals surface area (Å²) in [6.45, 7) is 2.96. The summed E-state index contributed by atoms with van der Waals surface area (Å²) < 4.78 is 18.2. The molecule has 1 heterocycles. The van der Waals surface area contributed by atoms with E-state index in [9.17, 15) is 25.2 Å². The topological polar surface area (TPSA) is 191 Å². The number of aliphatic hydroxyl groups is 2. The number of phenols is 2. The molecule has 2 bridgehead atoms. The molecular weight excluding hydrogens is 877 g/mol. The van der Waals surface area contributed by atoms with Gasteiger partial charge in [-0.1, -0.05) is 66.3 Å². The molecule has 6 rings (SSSR count). The average Bonchev–Trinajstić information content (AvgIpc) is 4.07. The molecule has 1 aliphatic heterocycles. The van der Waals surface area contributed by atoms with Gasteiger partial charge in [-0.25, -0.2) is 0 Å². The van der Waals surface area contributed by atoms with Gasteiger partial charge in [0.2, 0.25) is 0 Å². The molecular formula is C51H76N4O9S2. The summed E-state index contributed by atoms with van der Waals surface area (Å²) in [6, 6.07) is 9.53. The number of carbonyl (C=O) groups excluding carboxylic acids is 2. The Kier molecular flexibility index (Phi) is 19.4. The van der Waals surface area contributed by atoms with Crippen molar-refractivity contribution >= 4 is 45.3 Å². The number of methoxy groups -OCH3 is 1. The van der Waals surface area contributed by atoms with Gasteiger partial charge in [-0.2, -0.15) is 0 Å². The molecule has 0 aromatic heterocycles. The third kappa shape index (κ3) is 12.6. The van der Waals surface area contributed by atoms with Crippen LogP contribution in [-0.4, -0.2) is 103 Å². The number of aldehydes is 1. The number of hydrogen-bond acceptors (Lipinski definition) is 13. The van der Waals surface area contributed by atoms with Crippen molar-refractivity contribution in [2.45, 2.75) is 133 Å². The maximum absolute atomic E-state index is 15.3. The molecule has 3 aliphatic carbocycles. The predicted molar refractivity (Wildman–Crippen MR) is 266 cm³/mol. The van der Waals surface area contributed by atoms with E-state index in [1.54, 1.807) is 41.8 Å². The number of hydrogen-bond donors (Lipinski definition) is 7. The number of aromatic hydroxyl groups is 2. The van der Waals surface area contributed by atoms with Crippen LogP contribution in [0, 0.1) is 29.1 Å². The number of aliphatic imine (C=N–C) groups is 1. The van der Waals surface area contributed by atoms with Crippen molar-refractivity contribution in [2.24, 2.45) is 34.1 Å². The van der Waals surface area contributed by atoms with Gasteiger partial charge in [0, 0.05) is 49.6 Å². The number of carbonyl (C=O) groups is 2. The van der Waals surface area contributed by atoms with Crippen LogP contribution in [0.3, 0.4) is 0 Å². The molecule has 0 unspecified atom stereocenters. The number of ether oxygens (including phenoxy) is 3. The van der Waals surface area contributed by atoms with Crippen molar-refractivity contribution in [1.29, 1.82) is 0 Å². The first-order chi connectivity index (χ1) is 32.0. The second kappa shape index (κ2) is 24.7. The van der Waals surface area contributed by atoms with Gasteiger partial charge in [0.05, 0.1) is 25.3 Å². The van der Waals surface area contributed by atoms with Gasteiger partial charge in [-0.3, -0.25) is 9.79 Å². The number of aliphatic hydroxyl groups excluding tert-OH is 2. The number of likely N-dealkylation sites (N-methyl/N-ethyl adjacent to an activating group) is 1. The Morgan fingerprint density at radius 2 is 1.88 bits per heavy atom. The summed E-state index contributed by atoms with van der Waals surface area (Å²) in [5, 5.41) is 52.9. The lowest BCUT2D eigenvalue weighted by Crippen LogP contribution is -2.43. The van der Waals surface area contributed by atoms with Crippen LogP contribution in [0.5, 0.6) is 23.0 Å². The summed E-state index contributed by atoms with van der Waals surface area (Å²) in [4.78, 5) is 31.7. The van der Waals surface area contributed by atoms with Crippen LogP contribution < -0.4 is 25.4 Å². The Morgan fingerprint density at radius 1 is 1.06 bits per heavy atom. The maximum atomic E-state index is 15.3. The number of anilines is 1. The molecule has 2 aromatic carbocycles. The lowest BCUT2D eigenvalue weighted by molar-refractivity contribution is -0.125. The van der Waals surface area contributed by atoms with Crippen LogP contribution in [0.2, 0.25) is 0 Å². The molecule has 7 N–H and O–H groups in total. The van der Waals surface area contributed by atoms with Crippen molar-refractivity contribution in [1.82, 2.24) is 10.6 Å². The number of fused-ring (bicyclic) bond motifs is 4. The normalized spacial score (nSPS) is 27.7.